The van der Waals surface area contributed by atoms with E-state index >= 15 is 0 Å². The summed E-state index contributed by atoms with van der Waals surface area (Å²) < 4.78 is 17.5. The number of carbonyl (C=O) groups excluding carboxylic acids is 1. The van der Waals surface area contributed by atoms with Crippen molar-refractivity contribution < 1.29 is 19.0 Å². The van der Waals surface area contributed by atoms with Crippen molar-refractivity contribution in [2.24, 2.45) is 23.7 Å². The Morgan fingerprint density at radius 1 is 1.18 bits per heavy atom. The third-order valence-corrected chi connectivity index (χ3v) is 4.99. The summed E-state index contributed by atoms with van der Waals surface area (Å²) >= 11 is 0. The van der Waals surface area contributed by atoms with Gasteiger partial charge in [0.05, 0.1) is 12.0 Å². The van der Waals surface area contributed by atoms with Crippen molar-refractivity contribution in [2.45, 2.75) is 51.3 Å². The maximum Gasteiger partial charge on any atom is 0.312 e. The molecule has 0 amide bonds. The van der Waals surface area contributed by atoms with Crippen molar-refractivity contribution in [2.75, 3.05) is 0 Å². The van der Waals surface area contributed by atoms with Gasteiger partial charge in [0, 0.05) is 5.92 Å². The SMILES string of the molecule is C[C@H]1C[C@@H]2OC(=O)[C@@H]3[C@H]4OC(C)(C)O[C@H]4[C@H]1[C@@H]32. The topological polar surface area (TPSA) is 44.8 Å². The second-order valence-corrected chi connectivity index (χ2v) is 6.43. The lowest BCUT2D eigenvalue weighted by Gasteiger charge is -2.24. The van der Waals surface area contributed by atoms with E-state index in [9.17, 15) is 4.79 Å². The smallest absolute Gasteiger partial charge is 0.312 e. The Hall–Kier alpha value is -0.610. The molecular formula is C13H18O4. The first-order valence-corrected chi connectivity index (χ1v) is 6.54. The van der Waals surface area contributed by atoms with Crippen molar-refractivity contribution in [3.05, 3.63) is 0 Å². The molecule has 0 aromatic carbocycles. The number of fused-ring (bicyclic) bond motifs is 3. The number of hydrogen-bond donors (Lipinski definition) is 0. The third kappa shape index (κ3) is 1.13. The molecule has 94 valence electrons. The number of rotatable bonds is 0. The molecular weight excluding hydrogens is 220 g/mol. The summed E-state index contributed by atoms with van der Waals surface area (Å²) in [4.78, 5) is 11.9. The van der Waals surface area contributed by atoms with E-state index in [-0.39, 0.29) is 30.2 Å². The zero-order valence-electron chi connectivity index (χ0n) is 10.4. The molecule has 0 radical (unpaired) electrons. The lowest BCUT2D eigenvalue weighted by molar-refractivity contribution is -0.168. The highest BCUT2D eigenvalue weighted by molar-refractivity contribution is 5.77. The third-order valence-electron chi connectivity index (χ3n) is 4.99. The summed E-state index contributed by atoms with van der Waals surface area (Å²) in [5.74, 6) is 0.633. The number of hydrogen-bond acceptors (Lipinski definition) is 4. The van der Waals surface area contributed by atoms with E-state index in [1.54, 1.807) is 0 Å². The largest absolute Gasteiger partial charge is 0.462 e. The standard InChI is InChI=1S/C13H18O4/c1-5-4-6-8-7(5)10-11(9(8)12(14)15-6)17-13(2,3)16-10/h5-11H,4H2,1-3H3/t5-,6-,7+,8-,9-,10-,11+/m0/s1. The predicted octanol–water partition coefficient (Wildman–Crippen LogP) is 1.33. The molecule has 2 saturated heterocycles. The Balaban J connectivity index is 1.76. The fraction of sp³-hybridized carbons (Fsp3) is 0.923. The molecule has 2 aliphatic heterocycles. The summed E-state index contributed by atoms with van der Waals surface area (Å²) in [6.07, 6.45) is 1.12. The van der Waals surface area contributed by atoms with Crippen LogP contribution in [0.15, 0.2) is 0 Å². The van der Waals surface area contributed by atoms with Gasteiger partial charge >= 0.3 is 5.97 Å². The summed E-state index contributed by atoms with van der Waals surface area (Å²) in [6.45, 7) is 6.10. The molecule has 0 N–H and O–H groups in total. The molecule has 0 bridgehead atoms. The molecule has 4 rings (SSSR count). The minimum absolute atomic E-state index is 0.0642. The molecule has 4 aliphatic rings. The second-order valence-electron chi connectivity index (χ2n) is 6.43. The number of carbonyl (C=O) groups is 1. The lowest BCUT2D eigenvalue weighted by Crippen LogP contribution is -2.30. The first-order chi connectivity index (χ1) is 7.98. The Morgan fingerprint density at radius 2 is 1.88 bits per heavy atom. The Kier molecular flexibility index (Phi) is 1.74. The molecule has 0 aromatic rings. The zero-order valence-corrected chi connectivity index (χ0v) is 10.4. The van der Waals surface area contributed by atoms with Crippen molar-refractivity contribution in [3.63, 3.8) is 0 Å². The van der Waals surface area contributed by atoms with Gasteiger partial charge in [-0.25, -0.2) is 0 Å². The van der Waals surface area contributed by atoms with Crippen LogP contribution in [0.3, 0.4) is 0 Å². The van der Waals surface area contributed by atoms with Crippen LogP contribution < -0.4 is 0 Å². The monoisotopic (exact) mass is 238 g/mol. The van der Waals surface area contributed by atoms with E-state index in [0.717, 1.165) is 6.42 Å². The predicted molar refractivity (Wildman–Crippen MR) is 58.0 cm³/mol. The van der Waals surface area contributed by atoms with E-state index in [0.29, 0.717) is 17.8 Å². The number of ether oxygens (including phenoxy) is 3. The van der Waals surface area contributed by atoms with Crippen LogP contribution in [0.4, 0.5) is 0 Å². The first kappa shape index (κ1) is 10.3. The zero-order chi connectivity index (χ0) is 11.9. The van der Waals surface area contributed by atoms with Crippen molar-refractivity contribution >= 4 is 5.97 Å². The van der Waals surface area contributed by atoms with Crippen molar-refractivity contribution in [3.8, 4) is 0 Å². The van der Waals surface area contributed by atoms with Gasteiger partial charge in [-0.05, 0) is 32.1 Å². The molecule has 2 heterocycles. The Bertz CT molecular complexity index is 391. The first-order valence-electron chi connectivity index (χ1n) is 6.54. The fourth-order valence-electron chi connectivity index (χ4n) is 4.58. The lowest BCUT2D eigenvalue weighted by atomic mass is 9.89. The molecule has 0 unspecified atom stereocenters. The minimum atomic E-state index is -0.555. The number of esters is 1. The average molecular weight is 238 g/mol. The Morgan fingerprint density at radius 3 is 2.65 bits per heavy atom. The molecule has 2 saturated carbocycles. The van der Waals surface area contributed by atoms with Crippen LogP contribution in [0.5, 0.6) is 0 Å². The van der Waals surface area contributed by atoms with E-state index in [1.165, 1.54) is 0 Å². The minimum Gasteiger partial charge on any atom is -0.462 e. The van der Waals surface area contributed by atoms with E-state index < -0.39 is 5.79 Å². The molecule has 4 heteroatoms. The second kappa shape index (κ2) is 2.86. The molecule has 17 heavy (non-hydrogen) atoms. The van der Waals surface area contributed by atoms with Crippen LogP contribution in [0.25, 0.3) is 0 Å². The van der Waals surface area contributed by atoms with Crippen LogP contribution >= 0.6 is 0 Å². The molecule has 0 spiro atoms. The summed E-state index contributed by atoms with van der Waals surface area (Å²) in [5.41, 5.74) is 0. The van der Waals surface area contributed by atoms with Gasteiger partial charge in [-0.2, -0.15) is 0 Å². The van der Waals surface area contributed by atoms with Gasteiger partial charge in [0.2, 0.25) is 0 Å². The average Bonchev–Trinajstić information content (AvgIpc) is 2.80. The van der Waals surface area contributed by atoms with Gasteiger partial charge in [0.1, 0.15) is 12.2 Å². The van der Waals surface area contributed by atoms with Crippen molar-refractivity contribution in [1.82, 2.24) is 0 Å². The molecule has 0 aromatic heterocycles. The van der Waals surface area contributed by atoms with Crippen LogP contribution in [-0.4, -0.2) is 30.1 Å². The quantitative estimate of drug-likeness (QED) is 0.597. The highest BCUT2D eigenvalue weighted by Gasteiger charge is 2.70. The van der Waals surface area contributed by atoms with Gasteiger partial charge in [-0.15, -0.1) is 0 Å². The summed E-state index contributed by atoms with van der Waals surface area (Å²) in [6, 6.07) is 0. The van der Waals surface area contributed by atoms with Gasteiger partial charge in [0.25, 0.3) is 0 Å². The van der Waals surface area contributed by atoms with Crippen LogP contribution in [-0.2, 0) is 19.0 Å². The van der Waals surface area contributed by atoms with Gasteiger partial charge in [-0.3, -0.25) is 4.79 Å². The van der Waals surface area contributed by atoms with E-state index in [4.69, 9.17) is 14.2 Å². The molecule has 7 atom stereocenters. The van der Waals surface area contributed by atoms with E-state index in [1.807, 2.05) is 13.8 Å². The molecule has 4 nitrogen and oxygen atoms in total. The maximum absolute atomic E-state index is 11.9. The van der Waals surface area contributed by atoms with Crippen LogP contribution in [0.1, 0.15) is 27.2 Å². The van der Waals surface area contributed by atoms with Crippen molar-refractivity contribution in [1.29, 1.82) is 0 Å². The van der Waals surface area contributed by atoms with E-state index in [2.05, 4.69) is 6.92 Å². The Labute approximate surface area is 101 Å². The normalized spacial score (nSPS) is 58.1. The van der Waals surface area contributed by atoms with Crippen LogP contribution in [0, 0.1) is 23.7 Å². The van der Waals surface area contributed by atoms with Gasteiger partial charge in [-0.1, -0.05) is 6.92 Å². The highest BCUT2D eigenvalue weighted by atomic mass is 16.8. The summed E-state index contributed by atoms with van der Waals surface area (Å²) in [7, 11) is 0. The van der Waals surface area contributed by atoms with Crippen LogP contribution in [0.2, 0.25) is 0 Å². The maximum atomic E-state index is 11.9. The molecule has 2 aliphatic carbocycles. The summed E-state index contributed by atoms with van der Waals surface area (Å²) in [5, 5.41) is 0. The van der Waals surface area contributed by atoms with Gasteiger partial charge < -0.3 is 14.2 Å². The van der Waals surface area contributed by atoms with Gasteiger partial charge in [0.15, 0.2) is 5.79 Å². The highest BCUT2D eigenvalue weighted by Crippen LogP contribution is 2.60. The molecule has 4 fully saturated rings. The fourth-order valence-corrected chi connectivity index (χ4v) is 4.58.